The average molecular weight is 162 g/mol. The maximum absolute atomic E-state index is 10.3. The highest BCUT2D eigenvalue weighted by Crippen LogP contribution is 2.04. The number of aliphatic carboxylic acids is 1. The predicted octanol–water partition coefficient (Wildman–Crippen LogP) is 0.247. The third-order valence-corrected chi connectivity index (χ3v) is 1.52. The van der Waals surface area contributed by atoms with E-state index in [1.54, 1.807) is 6.92 Å². The lowest BCUT2D eigenvalue weighted by Crippen LogP contribution is -2.27. The highest BCUT2D eigenvalue weighted by atomic mass is 16.5. The molecule has 0 saturated heterocycles. The van der Waals surface area contributed by atoms with Gasteiger partial charge in [0.05, 0.1) is 6.10 Å². The molecule has 0 rings (SSSR count). The van der Waals surface area contributed by atoms with Crippen molar-refractivity contribution in [3.05, 3.63) is 0 Å². The van der Waals surface area contributed by atoms with Gasteiger partial charge in [-0.2, -0.15) is 0 Å². The molecular weight excluding hydrogens is 148 g/mol. The van der Waals surface area contributed by atoms with E-state index < -0.39 is 18.2 Å². The highest BCUT2D eigenvalue weighted by Gasteiger charge is 2.19. The molecule has 0 saturated carbocycles. The van der Waals surface area contributed by atoms with Gasteiger partial charge in [-0.15, -0.1) is 0 Å². The Kier molecular flexibility index (Phi) is 4.81. The molecule has 66 valence electrons. The summed E-state index contributed by atoms with van der Waals surface area (Å²) in [6, 6.07) is 0. The van der Waals surface area contributed by atoms with Crippen LogP contribution in [0.4, 0.5) is 0 Å². The lowest BCUT2D eigenvalue weighted by Gasteiger charge is -2.13. The molecule has 0 aromatic carbocycles. The molecule has 0 aliphatic heterocycles. The van der Waals surface area contributed by atoms with Crippen molar-refractivity contribution < 1.29 is 19.7 Å². The van der Waals surface area contributed by atoms with Crippen LogP contribution in [-0.4, -0.2) is 35.5 Å². The van der Waals surface area contributed by atoms with Crippen molar-refractivity contribution in [2.24, 2.45) is 0 Å². The van der Waals surface area contributed by atoms with Crippen LogP contribution in [0.5, 0.6) is 0 Å². The first-order valence-electron chi connectivity index (χ1n) is 3.55. The Morgan fingerprint density at radius 3 is 2.45 bits per heavy atom. The van der Waals surface area contributed by atoms with Crippen LogP contribution >= 0.6 is 0 Å². The molecule has 0 heterocycles. The van der Waals surface area contributed by atoms with E-state index in [0.29, 0.717) is 6.42 Å². The van der Waals surface area contributed by atoms with E-state index in [0.717, 1.165) is 0 Å². The van der Waals surface area contributed by atoms with E-state index in [9.17, 15) is 4.79 Å². The number of ether oxygens (including phenoxy) is 1. The molecule has 2 N–H and O–H groups in total. The summed E-state index contributed by atoms with van der Waals surface area (Å²) < 4.78 is 4.62. The Labute approximate surface area is 65.8 Å². The largest absolute Gasteiger partial charge is 0.479 e. The molecule has 0 fully saturated rings. The van der Waals surface area contributed by atoms with Crippen LogP contribution in [0.15, 0.2) is 0 Å². The van der Waals surface area contributed by atoms with Gasteiger partial charge in [0.2, 0.25) is 0 Å². The summed E-state index contributed by atoms with van der Waals surface area (Å²) in [5.74, 6) is -1.03. The van der Waals surface area contributed by atoms with Gasteiger partial charge in [-0.1, -0.05) is 6.92 Å². The van der Waals surface area contributed by atoms with Crippen molar-refractivity contribution >= 4 is 5.97 Å². The first kappa shape index (κ1) is 10.4. The number of aliphatic hydroxyl groups excluding tert-OH is 1. The SMILES string of the molecule is CCC(O)CC(OC)C(=O)O. The fourth-order valence-electron chi connectivity index (χ4n) is 0.712. The summed E-state index contributed by atoms with van der Waals surface area (Å²) in [7, 11) is 1.32. The molecule has 4 nitrogen and oxygen atoms in total. The zero-order chi connectivity index (χ0) is 8.85. The van der Waals surface area contributed by atoms with E-state index >= 15 is 0 Å². The summed E-state index contributed by atoms with van der Waals surface area (Å²) in [4.78, 5) is 10.3. The molecule has 0 amide bonds. The fourth-order valence-corrected chi connectivity index (χ4v) is 0.712. The van der Waals surface area contributed by atoms with Crippen molar-refractivity contribution in [1.82, 2.24) is 0 Å². The lowest BCUT2D eigenvalue weighted by molar-refractivity contribution is -0.150. The van der Waals surface area contributed by atoms with Crippen molar-refractivity contribution in [3.8, 4) is 0 Å². The number of carbonyl (C=O) groups is 1. The minimum atomic E-state index is -1.03. The van der Waals surface area contributed by atoms with Crippen molar-refractivity contribution in [3.63, 3.8) is 0 Å². The number of aliphatic hydroxyl groups is 1. The summed E-state index contributed by atoms with van der Waals surface area (Å²) in [5, 5.41) is 17.5. The second kappa shape index (κ2) is 5.09. The van der Waals surface area contributed by atoms with Crippen LogP contribution in [-0.2, 0) is 9.53 Å². The molecule has 0 aliphatic carbocycles. The number of rotatable bonds is 5. The van der Waals surface area contributed by atoms with Gasteiger partial charge >= 0.3 is 5.97 Å². The molecule has 0 spiro atoms. The third kappa shape index (κ3) is 3.95. The summed E-state index contributed by atoms with van der Waals surface area (Å²) in [6.45, 7) is 1.79. The summed E-state index contributed by atoms with van der Waals surface area (Å²) >= 11 is 0. The first-order valence-corrected chi connectivity index (χ1v) is 3.55. The van der Waals surface area contributed by atoms with Crippen molar-refractivity contribution in [1.29, 1.82) is 0 Å². The number of hydrogen-bond donors (Lipinski definition) is 2. The second-order valence-corrected chi connectivity index (χ2v) is 2.36. The Morgan fingerprint density at radius 2 is 2.18 bits per heavy atom. The fraction of sp³-hybridized carbons (Fsp3) is 0.857. The van der Waals surface area contributed by atoms with Gasteiger partial charge in [-0.05, 0) is 6.42 Å². The second-order valence-electron chi connectivity index (χ2n) is 2.36. The van der Waals surface area contributed by atoms with E-state index in [1.165, 1.54) is 7.11 Å². The van der Waals surface area contributed by atoms with Crippen LogP contribution in [0, 0.1) is 0 Å². The monoisotopic (exact) mass is 162 g/mol. The van der Waals surface area contributed by atoms with Crippen LogP contribution in [0.2, 0.25) is 0 Å². The van der Waals surface area contributed by atoms with Gasteiger partial charge in [0.1, 0.15) is 0 Å². The third-order valence-electron chi connectivity index (χ3n) is 1.52. The number of methoxy groups -OCH3 is 1. The standard InChI is InChI=1S/C7H14O4/c1-3-5(8)4-6(11-2)7(9)10/h5-6,8H,3-4H2,1-2H3,(H,9,10). The molecule has 2 unspecified atom stereocenters. The number of carboxylic acid groups (broad SMARTS) is 1. The van der Waals surface area contributed by atoms with Gasteiger partial charge in [-0.25, -0.2) is 4.79 Å². The van der Waals surface area contributed by atoms with Crippen molar-refractivity contribution in [2.45, 2.75) is 32.0 Å². The molecule has 0 radical (unpaired) electrons. The van der Waals surface area contributed by atoms with Gasteiger partial charge in [0.25, 0.3) is 0 Å². The first-order chi connectivity index (χ1) is 5.11. The quantitative estimate of drug-likeness (QED) is 0.608. The van der Waals surface area contributed by atoms with Gasteiger partial charge in [0, 0.05) is 13.5 Å². The summed E-state index contributed by atoms with van der Waals surface area (Å²) in [5.41, 5.74) is 0. The molecule has 11 heavy (non-hydrogen) atoms. The van der Waals surface area contributed by atoms with Crippen LogP contribution < -0.4 is 0 Å². The molecule has 0 aromatic rings. The molecule has 4 heteroatoms. The van der Waals surface area contributed by atoms with Crippen LogP contribution in [0.3, 0.4) is 0 Å². The Morgan fingerprint density at radius 1 is 1.64 bits per heavy atom. The van der Waals surface area contributed by atoms with E-state index in [2.05, 4.69) is 4.74 Å². The highest BCUT2D eigenvalue weighted by molar-refractivity contribution is 5.72. The van der Waals surface area contributed by atoms with Crippen LogP contribution in [0.1, 0.15) is 19.8 Å². The predicted molar refractivity (Wildman–Crippen MR) is 39.3 cm³/mol. The zero-order valence-corrected chi connectivity index (χ0v) is 6.78. The van der Waals surface area contributed by atoms with Crippen LogP contribution in [0.25, 0.3) is 0 Å². The maximum Gasteiger partial charge on any atom is 0.332 e. The van der Waals surface area contributed by atoms with Gasteiger partial charge < -0.3 is 14.9 Å². The van der Waals surface area contributed by atoms with Crippen molar-refractivity contribution in [2.75, 3.05) is 7.11 Å². The Hall–Kier alpha value is -0.610. The zero-order valence-electron chi connectivity index (χ0n) is 6.78. The minimum absolute atomic E-state index is 0.155. The van der Waals surface area contributed by atoms with Gasteiger partial charge in [0.15, 0.2) is 6.10 Å². The normalized spacial score (nSPS) is 15.9. The maximum atomic E-state index is 10.3. The van der Waals surface area contributed by atoms with E-state index in [1.807, 2.05) is 0 Å². The number of carboxylic acids is 1. The molecule has 2 atom stereocenters. The van der Waals surface area contributed by atoms with E-state index in [-0.39, 0.29) is 6.42 Å². The molecule has 0 aromatic heterocycles. The lowest BCUT2D eigenvalue weighted by atomic mass is 10.1. The smallest absolute Gasteiger partial charge is 0.332 e. The topological polar surface area (TPSA) is 66.8 Å². The number of hydrogen-bond acceptors (Lipinski definition) is 3. The Balaban J connectivity index is 3.77. The molecule has 0 bridgehead atoms. The summed E-state index contributed by atoms with van der Waals surface area (Å²) in [6.07, 6.45) is -0.767. The van der Waals surface area contributed by atoms with E-state index in [4.69, 9.17) is 10.2 Å². The average Bonchev–Trinajstić information content (AvgIpc) is 1.99. The molecule has 0 aliphatic rings. The minimum Gasteiger partial charge on any atom is -0.479 e. The Bertz CT molecular complexity index is 124. The van der Waals surface area contributed by atoms with Gasteiger partial charge in [-0.3, -0.25) is 0 Å². The molecular formula is C7H14O4.